The first kappa shape index (κ1) is 20.4. The van der Waals surface area contributed by atoms with Gasteiger partial charge in [-0.15, -0.1) is 0 Å². The van der Waals surface area contributed by atoms with Crippen molar-refractivity contribution in [3.63, 3.8) is 0 Å². The number of hydrogen-bond donors (Lipinski definition) is 2. The zero-order chi connectivity index (χ0) is 22.2. The number of pyridine rings is 1. The molecule has 2 aliphatic heterocycles. The third kappa shape index (κ3) is 3.80. The van der Waals surface area contributed by atoms with Gasteiger partial charge in [0.15, 0.2) is 0 Å². The zero-order valence-electron chi connectivity index (χ0n) is 17.0. The van der Waals surface area contributed by atoms with E-state index in [0.29, 0.717) is 32.1 Å². The van der Waals surface area contributed by atoms with Gasteiger partial charge >= 0.3 is 0 Å². The Bertz CT molecular complexity index is 1230. The Hall–Kier alpha value is -3.46. The molecular weight excluding hydrogens is 435 g/mol. The number of anilines is 3. The van der Waals surface area contributed by atoms with Crippen LogP contribution in [0.15, 0.2) is 47.4 Å². The molecule has 1 aromatic carbocycles. The third-order valence-corrected chi connectivity index (χ3v) is 6.06. The first-order valence-corrected chi connectivity index (χ1v) is 10.7. The Balaban J connectivity index is 1.43. The Labute approximate surface area is 188 Å². The number of benzene rings is 1. The van der Waals surface area contributed by atoms with Crippen LogP contribution >= 0.6 is 11.6 Å². The topological polar surface area (TPSA) is 94.2 Å². The van der Waals surface area contributed by atoms with Crippen LogP contribution in [0.4, 0.5) is 22.0 Å². The van der Waals surface area contributed by atoms with Crippen molar-refractivity contribution in [2.24, 2.45) is 0 Å². The number of amides is 1. The van der Waals surface area contributed by atoms with E-state index in [9.17, 15) is 14.0 Å². The number of H-pyrrole nitrogens is 1. The fraction of sp³-hybridized carbons (Fsp3) is 0.273. The largest absolute Gasteiger partial charge is 0.353 e. The molecule has 5 rings (SSSR count). The molecule has 2 aromatic heterocycles. The molecule has 2 N–H and O–H groups in total. The van der Waals surface area contributed by atoms with E-state index in [0.717, 1.165) is 5.82 Å². The van der Waals surface area contributed by atoms with Gasteiger partial charge in [-0.3, -0.25) is 14.6 Å². The molecule has 32 heavy (non-hydrogen) atoms. The number of aromatic amines is 1. The van der Waals surface area contributed by atoms with Gasteiger partial charge in [-0.1, -0.05) is 23.7 Å². The highest BCUT2D eigenvalue weighted by Gasteiger charge is 2.33. The lowest BCUT2D eigenvalue weighted by molar-refractivity contribution is -0.116. The minimum Gasteiger partial charge on any atom is -0.353 e. The number of aromatic nitrogens is 3. The Kier molecular flexibility index (Phi) is 5.26. The predicted octanol–water partition coefficient (Wildman–Crippen LogP) is 2.76. The fourth-order valence-electron chi connectivity index (χ4n) is 4.25. The first-order chi connectivity index (χ1) is 15.5. The second-order valence-corrected chi connectivity index (χ2v) is 8.22. The average Bonchev–Trinajstić information content (AvgIpc) is 2.79. The van der Waals surface area contributed by atoms with Crippen LogP contribution in [-0.2, 0) is 4.79 Å². The molecule has 1 saturated heterocycles. The lowest BCUT2D eigenvalue weighted by Crippen LogP contribution is -2.48. The van der Waals surface area contributed by atoms with E-state index in [-0.39, 0.29) is 34.3 Å². The van der Waals surface area contributed by atoms with Crippen LogP contribution in [0.5, 0.6) is 0 Å². The molecule has 4 heterocycles. The quantitative estimate of drug-likeness (QED) is 0.632. The molecule has 8 nitrogen and oxygen atoms in total. The molecule has 3 aromatic rings. The highest BCUT2D eigenvalue weighted by Crippen LogP contribution is 2.36. The van der Waals surface area contributed by atoms with Crippen molar-refractivity contribution in [3.05, 3.63) is 74.9 Å². The van der Waals surface area contributed by atoms with Crippen LogP contribution < -0.4 is 20.7 Å². The first-order valence-electron chi connectivity index (χ1n) is 10.3. The average molecular weight is 455 g/mol. The number of hydrogen-bond acceptors (Lipinski definition) is 6. The molecule has 0 aliphatic carbocycles. The van der Waals surface area contributed by atoms with Crippen molar-refractivity contribution >= 4 is 35.1 Å². The summed E-state index contributed by atoms with van der Waals surface area (Å²) in [6.45, 7) is 2.68. The molecule has 10 heteroatoms. The van der Waals surface area contributed by atoms with Crippen LogP contribution in [0.1, 0.15) is 23.5 Å². The van der Waals surface area contributed by atoms with Gasteiger partial charge < -0.3 is 15.1 Å². The van der Waals surface area contributed by atoms with E-state index in [1.165, 1.54) is 12.1 Å². The summed E-state index contributed by atoms with van der Waals surface area (Å²) in [5.41, 5.74) is 0.104. The van der Waals surface area contributed by atoms with E-state index in [4.69, 9.17) is 11.6 Å². The zero-order valence-corrected chi connectivity index (χ0v) is 17.8. The maximum absolute atomic E-state index is 14.6. The lowest BCUT2D eigenvalue weighted by atomic mass is 9.86. The number of nitrogens with zero attached hydrogens (tertiary/aromatic N) is 4. The van der Waals surface area contributed by atoms with Crippen LogP contribution in [-0.4, -0.2) is 47.0 Å². The summed E-state index contributed by atoms with van der Waals surface area (Å²) in [6.07, 6.45) is 1.71. The number of fused-ring (bicyclic) bond motifs is 1. The number of carbonyl (C=O) groups excluding carboxylic acids is 1. The molecule has 1 atom stereocenters. The molecule has 0 spiro atoms. The summed E-state index contributed by atoms with van der Waals surface area (Å²) >= 11 is 5.86. The van der Waals surface area contributed by atoms with Gasteiger partial charge in [0.1, 0.15) is 17.5 Å². The number of piperazine rings is 1. The molecule has 0 radical (unpaired) electrons. The summed E-state index contributed by atoms with van der Waals surface area (Å²) in [5, 5.41) is 2.93. The minimum absolute atomic E-state index is 0.0432. The number of carbonyl (C=O) groups is 1. The van der Waals surface area contributed by atoms with Gasteiger partial charge in [0.2, 0.25) is 11.9 Å². The van der Waals surface area contributed by atoms with E-state index in [1.54, 1.807) is 12.3 Å². The van der Waals surface area contributed by atoms with Gasteiger partial charge in [-0.2, -0.15) is 4.98 Å². The maximum atomic E-state index is 14.6. The Morgan fingerprint density at radius 1 is 1.06 bits per heavy atom. The monoisotopic (exact) mass is 454 g/mol. The van der Waals surface area contributed by atoms with Crippen molar-refractivity contribution < 1.29 is 9.18 Å². The van der Waals surface area contributed by atoms with Gasteiger partial charge in [-0.25, -0.2) is 9.37 Å². The highest BCUT2D eigenvalue weighted by atomic mass is 35.5. The molecule has 164 valence electrons. The van der Waals surface area contributed by atoms with Crippen molar-refractivity contribution in [2.45, 2.75) is 12.3 Å². The molecule has 1 fully saturated rings. The molecular formula is C22H20ClFN6O2. The van der Waals surface area contributed by atoms with E-state index < -0.39 is 17.3 Å². The fourth-order valence-corrected chi connectivity index (χ4v) is 4.41. The summed E-state index contributed by atoms with van der Waals surface area (Å²) < 4.78 is 14.6. The molecule has 1 amide bonds. The molecule has 0 bridgehead atoms. The predicted molar refractivity (Wildman–Crippen MR) is 120 cm³/mol. The van der Waals surface area contributed by atoms with Crippen molar-refractivity contribution in [2.75, 3.05) is 41.3 Å². The molecule has 0 saturated carbocycles. The summed E-state index contributed by atoms with van der Waals surface area (Å²) in [6, 6.07) is 10.0. The highest BCUT2D eigenvalue weighted by molar-refractivity contribution is 6.30. The maximum Gasteiger partial charge on any atom is 0.258 e. The smallest absolute Gasteiger partial charge is 0.258 e. The van der Waals surface area contributed by atoms with Crippen LogP contribution in [0.2, 0.25) is 5.02 Å². The van der Waals surface area contributed by atoms with Gasteiger partial charge in [-0.05, 0) is 29.8 Å². The van der Waals surface area contributed by atoms with Crippen molar-refractivity contribution in [1.29, 1.82) is 0 Å². The third-order valence-electron chi connectivity index (χ3n) is 5.83. The Morgan fingerprint density at radius 2 is 1.84 bits per heavy atom. The van der Waals surface area contributed by atoms with Gasteiger partial charge in [0, 0.05) is 49.7 Å². The number of halogens is 2. The van der Waals surface area contributed by atoms with Crippen LogP contribution in [0, 0.1) is 5.82 Å². The normalized spacial score (nSPS) is 18.3. The standard InChI is InChI=1S/C22H20ClFN6O2/c23-13-4-5-14(16(24)11-13)15-12-18(31)26-20-19(15)21(32)28-22(27-20)30-9-7-29(8-10-30)17-3-1-2-6-25-17/h1-6,11,15H,7-10,12H2,(H2,26,27,28,31,32). The summed E-state index contributed by atoms with van der Waals surface area (Å²) in [4.78, 5) is 41.2. The van der Waals surface area contributed by atoms with Gasteiger partial charge in [0.25, 0.3) is 5.56 Å². The van der Waals surface area contributed by atoms with Gasteiger partial charge in [0.05, 0.1) is 5.56 Å². The SMILES string of the molecule is O=C1CC(c2ccc(Cl)cc2F)c2c(nc(N3CCN(c4ccccn4)CC3)[nH]c2=O)N1. The van der Waals surface area contributed by atoms with Crippen molar-refractivity contribution in [3.8, 4) is 0 Å². The minimum atomic E-state index is -0.734. The second kappa shape index (κ2) is 8.23. The summed E-state index contributed by atoms with van der Waals surface area (Å²) in [7, 11) is 0. The number of rotatable bonds is 3. The van der Waals surface area contributed by atoms with E-state index in [1.807, 2.05) is 23.1 Å². The molecule has 1 unspecified atom stereocenters. The second-order valence-electron chi connectivity index (χ2n) is 7.78. The van der Waals surface area contributed by atoms with Crippen LogP contribution in [0.25, 0.3) is 0 Å². The van der Waals surface area contributed by atoms with Crippen molar-refractivity contribution in [1.82, 2.24) is 15.0 Å². The number of nitrogens with one attached hydrogen (secondary N) is 2. The Morgan fingerprint density at radius 3 is 2.56 bits per heavy atom. The molecule has 2 aliphatic rings. The van der Waals surface area contributed by atoms with E-state index in [2.05, 4.69) is 25.2 Å². The summed E-state index contributed by atoms with van der Waals surface area (Å²) in [5.74, 6) is -0.155. The van der Waals surface area contributed by atoms with Crippen LogP contribution in [0.3, 0.4) is 0 Å². The van der Waals surface area contributed by atoms with E-state index >= 15 is 0 Å². The lowest BCUT2D eigenvalue weighted by Gasteiger charge is -2.36.